The number of hydrogen-bond donors (Lipinski definition) is 2. The molecule has 0 unspecified atom stereocenters. The summed E-state index contributed by atoms with van der Waals surface area (Å²) in [6.07, 6.45) is 0.0218. The molecule has 0 fully saturated rings. The summed E-state index contributed by atoms with van der Waals surface area (Å²) in [6, 6.07) is 9.41. The third kappa shape index (κ3) is 4.60. The van der Waals surface area contributed by atoms with Crippen LogP contribution in [0.3, 0.4) is 0 Å². The van der Waals surface area contributed by atoms with E-state index in [-0.39, 0.29) is 23.4 Å². The first-order valence-electron chi connectivity index (χ1n) is 7.36. The lowest BCUT2D eigenvalue weighted by Crippen LogP contribution is -2.45. The minimum absolute atomic E-state index is 0.00847. The van der Waals surface area contributed by atoms with Gasteiger partial charge in [0.1, 0.15) is 6.04 Å². The van der Waals surface area contributed by atoms with Gasteiger partial charge in [0.2, 0.25) is 5.91 Å². The summed E-state index contributed by atoms with van der Waals surface area (Å²) in [5, 5.41) is 23.8. The molecule has 0 aliphatic heterocycles. The van der Waals surface area contributed by atoms with E-state index in [0.29, 0.717) is 5.56 Å². The van der Waals surface area contributed by atoms with Gasteiger partial charge in [0.05, 0.1) is 9.85 Å². The van der Waals surface area contributed by atoms with Crippen molar-refractivity contribution in [3.05, 3.63) is 79.9 Å². The number of hydrogen-bond acceptors (Lipinski definition) is 6. The molecule has 1 atom stereocenters. The number of amides is 2. The smallest absolute Gasteiger partial charge is 0.270 e. The summed E-state index contributed by atoms with van der Waals surface area (Å²) < 4.78 is 0. The summed E-state index contributed by atoms with van der Waals surface area (Å²) in [5.41, 5.74) is 5.49. The second kappa shape index (κ2) is 7.83. The monoisotopic (exact) mass is 358 g/mol. The van der Waals surface area contributed by atoms with Crippen molar-refractivity contribution in [1.82, 2.24) is 5.32 Å². The summed E-state index contributed by atoms with van der Waals surface area (Å²) in [7, 11) is 0. The zero-order chi connectivity index (χ0) is 19.3. The van der Waals surface area contributed by atoms with E-state index < -0.39 is 27.7 Å². The molecular formula is C16H14N4O6. The van der Waals surface area contributed by atoms with Gasteiger partial charge in [-0.15, -0.1) is 0 Å². The molecule has 10 nitrogen and oxygen atoms in total. The number of carbonyl (C=O) groups excluding carboxylic acids is 2. The molecule has 0 spiro atoms. The van der Waals surface area contributed by atoms with Crippen molar-refractivity contribution in [3.8, 4) is 0 Å². The molecule has 0 aliphatic rings. The Morgan fingerprint density at radius 3 is 2.15 bits per heavy atom. The number of nitro benzene ring substituents is 2. The van der Waals surface area contributed by atoms with Crippen LogP contribution in [0.5, 0.6) is 0 Å². The third-order valence-corrected chi connectivity index (χ3v) is 3.55. The zero-order valence-corrected chi connectivity index (χ0v) is 13.3. The van der Waals surface area contributed by atoms with E-state index >= 15 is 0 Å². The first-order valence-corrected chi connectivity index (χ1v) is 7.36. The van der Waals surface area contributed by atoms with Gasteiger partial charge in [0, 0.05) is 36.2 Å². The molecular weight excluding hydrogens is 344 g/mol. The van der Waals surface area contributed by atoms with E-state index in [1.165, 1.54) is 42.5 Å². The van der Waals surface area contributed by atoms with Crippen molar-refractivity contribution in [2.24, 2.45) is 5.73 Å². The highest BCUT2D eigenvalue weighted by molar-refractivity contribution is 5.97. The van der Waals surface area contributed by atoms with E-state index in [4.69, 9.17) is 5.73 Å². The third-order valence-electron chi connectivity index (χ3n) is 3.55. The lowest BCUT2D eigenvalue weighted by molar-refractivity contribution is -0.385. The molecule has 2 rings (SSSR count). The van der Waals surface area contributed by atoms with E-state index in [1.54, 1.807) is 0 Å². The molecule has 26 heavy (non-hydrogen) atoms. The van der Waals surface area contributed by atoms with Crippen molar-refractivity contribution < 1.29 is 19.4 Å². The van der Waals surface area contributed by atoms with Crippen molar-refractivity contribution in [1.29, 1.82) is 0 Å². The molecule has 134 valence electrons. The molecule has 0 bridgehead atoms. The number of nitrogens with two attached hydrogens (primary N) is 1. The second-order valence-corrected chi connectivity index (χ2v) is 5.36. The predicted molar refractivity (Wildman–Crippen MR) is 90.3 cm³/mol. The summed E-state index contributed by atoms with van der Waals surface area (Å²) in [4.78, 5) is 44.1. The highest BCUT2D eigenvalue weighted by Gasteiger charge is 2.21. The van der Waals surface area contributed by atoms with Gasteiger partial charge >= 0.3 is 0 Å². The average Bonchev–Trinajstić information content (AvgIpc) is 2.61. The van der Waals surface area contributed by atoms with Crippen LogP contribution in [0, 0.1) is 20.2 Å². The number of carbonyl (C=O) groups is 2. The molecule has 0 aliphatic carbocycles. The second-order valence-electron chi connectivity index (χ2n) is 5.36. The molecule has 10 heteroatoms. The normalized spacial score (nSPS) is 11.4. The number of non-ortho nitro benzene ring substituents is 2. The Kier molecular flexibility index (Phi) is 5.58. The maximum absolute atomic E-state index is 12.2. The molecule has 0 aromatic heterocycles. The quantitative estimate of drug-likeness (QED) is 0.561. The minimum atomic E-state index is -1.08. The van der Waals surface area contributed by atoms with Gasteiger partial charge in [-0.2, -0.15) is 0 Å². The van der Waals surface area contributed by atoms with Crippen LogP contribution in [-0.2, 0) is 11.2 Å². The van der Waals surface area contributed by atoms with Crippen LogP contribution in [0.2, 0.25) is 0 Å². The number of primary amides is 1. The van der Waals surface area contributed by atoms with Gasteiger partial charge in [-0.3, -0.25) is 29.8 Å². The Balaban J connectivity index is 2.13. The Hall–Kier alpha value is -3.82. The van der Waals surface area contributed by atoms with Crippen molar-refractivity contribution in [2.45, 2.75) is 12.5 Å². The predicted octanol–water partition coefficient (Wildman–Crippen LogP) is 1.33. The Labute approximate surface area is 146 Å². The summed E-state index contributed by atoms with van der Waals surface area (Å²) >= 11 is 0. The number of benzene rings is 2. The number of nitrogens with zero attached hydrogens (tertiary/aromatic N) is 2. The van der Waals surface area contributed by atoms with E-state index in [9.17, 15) is 29.8 Å². The molecule has 3 N–H and O–H groups in total. The zero-order valence-electron chi connectivity index (χ0n) is 13.3. The maximum Gasteiger partial charge on any atom is 0.270 e. The van der Waals surface area contributed by atoms with Gasteiger partial charge in [-0.05, 0) is 11.6 Å². The Morgan fingerprint density at radius 1 is 1.00 bits per heavy atom. The maximum atomic E-state index is 12.2. The fourth-order valence-electron chi connectivity index (χ4n) is 2.21. The fraction of sp³-hybridized carbons (Fsp3) is 0.125. The molecule has 0 saturated carbocycles. The Morgan fingerprint density at radius 2 is 1.62 bits per heavy atom. The lowest BCUT2D eigenvalue weighted by atomic mass is 10.0. The average molecular weight is 358 g/mol. The van der Waals surface area contributed by atoms with Crippen LogP contribution >= 0.6 is 0 Å². The molecule has 0 saturated heterocycles. The van der Waals surface area contributed by atoms with Gasteiger partial charge in [-0.25, -0.2) is 0 Å². The first-order chi connectivity index (χ1) is 12.3. The van der Waals surface area contributed by atoms with Crippen LogP contribution in [0.25, 0.3) is 0 Å². The molecule has 0 radical (unpaired) electrons. The van der Waals surface area contributed by atoms with Crippen molar-refractivity contribution in [3.63, 3.8) is 0 Å². The highest BCUT2D eigenvalue weighted by Crippen LogP contribution is 2.15. The topological polar surface area (TPSA) is 158 Å². The molecule has 2 aromatic rings. The van der Waals surface area contributed by atoms with Gasteiger partial charge in [-0.1, -0.05) is 18.2 Å². The van der Waals surface area contributed by atoms with Crippen LogP contribution in [-0.4, -0.2) is 27.7 Å². The van der Waals surface area contributed by atoms with E-state index in [1.807, 2.05) is 0 Å². The molecule has 2 amide bonds. The largest absolute Gasteiger partial charge is 0.368 e. The van der Waals surface area contributed by atoms with Crippen LogP contribution in [0.1, 0.15) is 15.9 Å². The highest BCUT2D eigenvalue weighted by atomic mass is 16.6. The summed E-state index contributed by atoms with van der Waals surface area (Å²) in [6.45, 7) is 0. The van der Waals surface area contributed by atoms with Crippen LogP contribution in [0.15, 0.2) is 48.5 Å². The number of nitro groups is 2. The van der Waals surface area contributed by atoms with Crippen LogP contribution in [0.4, 0.5) is 11.4 Å². The molecule has 2 aromatic carbocycles. The van der Waals surface area contributed by atoms with E-state index in [0.717, 1.165) is 6.07 Å². The fourth-order valence-corrected chi connectivity index (χ4v) is 2.21. The van der Waals surface area contributed by atoms with Crippen molar-refractivity contribution in [2.75, 3.05) is 0 Å². The first kappa shape index (κ1) is 18.5. The molecule has 0 heterocycles. The Bertz CT molecular complexity index is 865. The number of rotatable bonds is 7. The SMILES string of the molecule is NC(=O)[C@@H](Cc1ccc([N+](=O)[O-])cc1)NC(=O)c1cccc([N+](=O)[O-])c1. The van der Waals surface area contributed by atoms with Gasteiger partial charge < -0.3 is 11.1 Å². The number of nitrogens with one attached hydrogen (secondary N) is 1. The standard InChI is InChI=1S/C16H14N4O6/c17-15(21)14(8-10-4-6-12(7-5-10)19(23)24)18-16(22)11-2-1-3-13(9-11)20(25)26/h1-7,9,14H,8H2,(H2,17,21)(H,18,22)/t14-/m1/s1. The van der Waals surface area contributed by atoms with E-state index in [2.05, 4.69) is 5.32 Å². The van der Waals surface area contributed by atoms with Crippen molar-refractivity contribution >= 4 is 23.2 Å². The van der Waals surface area contributed by atoms with Gasteiger partial charge in [0.25, 0.3) is 17.3 Å². The minimum Gasteiger partial charge on any atom is -0.368 e. The van der Waals surface area contributed by atoms with Crippen LogP contribution < -0.4 is 11.1 Å². The van der Waals surface area contributed by atoms with Gasteiger partial charge in [0.15, 0.2) is 0 Å². The summed E-state index contributed by atoms with van der Waals surface area (Å²) in [5.74, 6) is -1.50. The lowest BCUT2D eigenvalue weighted by Gasteiger charge is -2.15.